The van der Waals surface area contributed by atoms with E-state index in [1.54, 1.807) is 60.7 Å². The molecule has 0 aliphatic heterocycles. The van der Waals surface area contributed by atoms with Crippen molar-refractivity contribution in [3.8, 4) is 0 Å². The van der Waals surface area contributed by atoms with Crippen LogP contribution in [-0.2, 0) is 19.6 Å². The second-order valence-electron chi connectivity index (χ2n) is 8.28. The summed E-state index contributed by atoms with van der Waals surface area (Å²) in [7, 11) is -3.80. The topological polar surface area (TPSA) is 147 Å². The van der Waals surface area contributed by atoms with Gasteiger partial charge in [0.05, 0.1) is 10.6 Å². The van der Waals surface area contributed by atoms with Gasteiger partial charge >= 0.3 is 0 Å². The molecule has 1 aromatic heterocycles. The van der Waals surface area contributed by atoms with Gasteiger partial charge in [-0.25, -0.2) is 13.6 Å². The Morgan fingerprint density at radius 2 is 1.48 bits per heavy atom. The fourth-order valence-electron chi connectivity index (χ4n) is 3.36. The molecule has 0 atom stereocenters. The van der Waals surface area contributed by atoms with Crippen molar-refractivity contribution in [1.82, 2.24) is 5.32 Å². The number of primary sulfonamides is 1. The zero-order chi connectivity index (χ0) is 28.5. The molecular weight excluding hydrogens is 569 g/mol. The fourth-order valence-corrected chi connectivity index (χ4v) is 5.24. The Labute approximate surface area is 239 Å². The minimum Gasteiger partial charge on any atom is -0.325 e. The Kier molecular flexibility index (Phi) is 9.51. The number of amides is 3. The van der Waals surface area contributed by atoms with Crippen LogP contribution in [0, 0.1) is 0 Å². The lowest BCUT2D eigenvalue weighted by Crippen LogP contribution is -2.30. The third-order valence-corrected chi connectivity index (χ3v) is 8.07. The molecule has 4 aromatic rings. The second kappa shape index (κ2) is 13.2. The average Bonchev–Trinajstić information content (AvgIpc) is 3.46. The minimum absolute atomic E-state index is 0.0419. The van der Waals surface area contributed by atoms with E-state index in [1.165, 1.54) is 47.4 Å². The van der Waals surface area contributed by atoms with Crippen LogP contribution >= 0.6 is 23.1 Å². The lowest BCUT2D eigenvalue weighted by Gasteiger charge is -2.11. The highest BCUT2D eigenvalue weighted by Gasteiger charge is 2.15. The molecule has 0 saturated carbocycles. The van der Waals surface area contributed by atoms with E-state index in [9.17, 15) is 22.8 Å². The van der Waals surface area contributed by atoms with Crippen molar-refractivity contribution in [2.24, 2.45) is 5.14 Å². The number of rotatable bonds is 10. The SMILES string of the molecule is NS(=O)(=O)c1ccc(NC(=O)CSc2ccc(NC(=O)/C(=C/c3cccs3)NC(=O)c3ccccc3)cc2)cc1. The Bertz CT molecular complexity index is 1620. The monoisotopic (exact) mass is 592 g/mol. The average molecular weight is 593 g/mol. The zero-order valence-corrected chi connectivity index (χ0v) is 23.3. The number of hydrogen-bond donors (Lipinski definition) is 4. The van der Waals surface area contributed by atoms with E-state index in [4.69, 9.17) is 5.14 Å². The van der Waals surface area contributed by atoms with Gasteiger partial charge in [0.1, 0.15) is 5.70 Å². The van der Waals surface area contributed by atoms with Crippen LogP contribution in [0.4, 0.5) is 11.4 Å². The molecular formula is C28H24N4O5S3. The first kappa shape index (κ1) is 28.8. The molecule has 5 N–H and O–H groups in total. The molecule has 40 heavy (non-hydrogen) atoms. The number of nitrogens with one attached hydrogen (secondary N) is 3. The van der Waals surface area contributed by atoms with Gasteiger partial charge in [0.15, 0.2) is 0 Å². The van der Waals surface area contributed by atoms with Crippen molar-refractivity contribution in [3.63, 3.8) is 0 Å². The van der Waals surface area contributed by atoms with Crippen molar-refractivity contribution < 1.29 is 22.8 Å². The van der Waals surface area contributed by atoms with Gasteiger partial charge in [-0.3, -0.25) is 14.4 Å². The Morgan fingerprint density at radius 1 is 0.825 bits per heavy atom. The first-order valence-electron chi connectivity index (χ1n) is 11.8. The molecule has 12 heteroatoms. The van der Waals surface area contributed by atoms with Crippen LogP contribution in [0.1, 0.15) is 15.2 Å². The van der Waals surface area contributed by atoms with Crippen molar-refractivity contribution in [3.05, 3.63) is 113 Å². The van der Waals surface area contributed by atoms with E-state index >= 15 is 0 Å². The minimum atomic E-state index is -3.80. The van der Waals surface area contributed by atoms with Gasteiger partial charge in [-0.1, -0.05) is 24.3 Å². The lowest BCUT2D eigenvalue weighted by atomic mass is 10.2. The van der Waals surface area contributed by atoms with Crippen LogP contribution < -0.4 is 21.1 Å². The van der Waals surface area contributed by atoms with Gasteiger partial charge in [0.25, 0.3) is 11.8 Å². The third-order valence-electron chi connectivity index (χ3n) is 5.31. The van der Waals surface area contributed by atoms with Crippen molar-refractivity contribution >= 4 is 68.3 Å². The quantitative estimate of drug-likeness (QED) is 0.157. The maximum Gasteiger partial charge on any atom is 0.272 e. The van der Waals surface area contributed by atoms with Crippen LogP contribution in [0.5, 0.6) is 0 Å². The number of anilines is 2. The maximum absolute atomic E-state index is 13.1. The molecule has 0 spiro atoms. The van der Waals surface area contributed by atoms with Crippen LogP contribution in [0.25, 0.3) is 6.08 Å². The number of sulfonamides is 1. The first-order valence-corrected chi connectivity index (χ1v) is 15.2. The Balaban J connectivity index is 1.34. The highest BCUT2D eigenvalue weighted by atomic mass is 32.2. The summed E-state index contributed by atoms with van der Waals surface area (Å²) in [6.45, 7) is 0. The summed E-state index contributed by atoms with van der Waals surface area (Å²) >= 11 is 2.73. The molecule has 0 bridgehead atoms. The van der Waals surface area contributed by atoms with E-state index in [-0.39, 0.29) is 22.3 Å². The maximum atomic E-state index is 13.1. The predicted octanol–water partition coefficient (Wildman–Crippen LogP) is 4.54. The van der Waals surface area contributed by atoms with E-state index in [2.05, 4.69) is 16.0 Å². The molecule has 3 amide bonds. The van der Waals surface area contributed by atoms with Gasteiger partial charge < -0.3 is 16.0 Å². The number of carbonyl (C=O) groups is 3. The summed E-state index contributed by atoms with van der Waals surface area (Å²) < 4.78 is 22.7. The smallest absolute Gasteiger partial charge is 0.272 e. The second-order valence-corrected chi connectivity index (χ2v) is 11.9. The largest absolute Gasteiger partial charge is 0.325 e. The summed E-state index contributed by atoms with van der Waals surface area (Å²) in [4.78, 5) is 39.6. The molecule has 0 aliphatic carbocycles. The first-order chi connectivity index (χ1) is 19.2. The molecule has 0 radical (unpaired) electrons. The Hall–Kier alpha value is -4.23. The van der Waals surface area contributed by atoms with Crippen molar-refractivity contribution in [1.29, 1.82) is 0 Å². The van der Waals surface area contributed by atoms with Gasteiger partial charge in [-0.2, -0.15) is 0 Å². The predicted molar refractivity (Wildman–Crippen MR) is 158 cm³/mol. The molecule has 0 unspecified atom stereocenters. The number of hydrogen-bond acceptors (Lipinski definition) is 7. The molecule has 4 rings (SSSR count). The molecule has 0 saturated heterocycles. The summed E-state index contributed by atoms with van der Waals surface area (Å²) in [5, 5.41) is 15.1. The molecule has 1 heterocycles. The van der Waals surface area contributed by atoms with E-state index < -0.39 is 21.8 Å². The van der Waals surface area contributed by atoms with Gasteiger partial charge in [-0.05, 0) is 78.2 Å². The number of carbonyl (C=O) groups excluding carboxylic acids is 3. The van der Waals surface area contributed by atoms with E-state index in [1.807, 2.05) is 17.5 Å². The van der Waals surface area contributed by atoms with Gasteiger partial charge in [0, 0.05) is 26.7 Å². The third kappa shape index (κ3) is 8.38. The Morgan fingerprint density at radius 3 is 2.10 bits per heavy atom. The van der Waals surface area contributed by atoms with Crippen LogP contribution in [-0.4, -0.2) is 31.9 Å². The number of nitrogens with two attached hydrogens (primary N) is 1. The molecule has 204 valence electrons. The van der Waals surface area contributed by atoms with Crippen molar-refractivity contribution in [2.45, 2.75) is 9.79 Å². The van der Waals surface area contributed by atoms with Crippen LogP contribution in [0.3, 0.4) is 0 Å². The van der Waals surface area contributed by atoms with Gasteiger partial charge in [-0.15, -0.1) is 23.1 Å². The molecule has 0 aliphatic rings. The molecule has 0 fully saturated rings. The lowest BCUT2D eigenvalue weighted by molar-refractivity contribution is -0.114. The van der Waals surface area contributed by atoms with Crippen molar-refractivity contribution in [2.75, 3.05) is 16.4 Å². The van der Waals surface area contributed by atoms with Crippen LogP contribution in [0.2, 0.25) is 0 Å². The summed E-state index contributed by atoms with van der Waals surface area (Å²) in [5.41, 5.74) is 1.49. The van der Waals surface area contributed by atoms with E-state index in [0.717, 1.165) is 9.77 Å². The summed E-state index contributed by atoms with van der Waals surface area (Å²) in [6.07, 6.45) is 1.62. The zero-order valence-electron chi connectivity index (χ0n) is 20.9. The molecule has 9 nitrogen and oxygen atoms in total. The standard InChI is InChI=1S/C28H24N4O5S3/c29-40(36,37)24-14-10-20(11-15-24)30-26(33)18-39-22-12-8-21(9-13-22)31-28(35)25(17-23-7-4-16-38-23)32-27(34)19-5-2-1-3-6-19/h1-17H,18H2,(H,30,33)(H,31,35)(H,32,34)(H2,29,36,37)/b25-17-. The highest BCUT2D eigenvalue weighted by Crippen LogP contribution is 2.22. The van der Waals surface area contributed by atoms with E-state index in [0.29, 0.717) is 16.9 Å². The number of thioether (sulfide) groups is 1. The van der Waals surface area contributed by atoms with Gasteiger partial charge in [0.2, 0.25) is 15.9 Å². The number of thiophene rings is 1. The summed E-state index contributed by atoms with van der Waals surface area (Å²) in [5.74, 6) is -1.04. The normalized spacial score (nSPS) is 11.5. The fraction of sp³-hybridized carbons (Fsp3) is 0.0357. The van der Waals surface area contributed by atoms with Crippen LogP contribution in [0.15, 0.2) is 112 Å². The number of benzene rings is 3. The highest BCUT2D eigenvalue weighted by molar-refractivity contribution is 8.00. The summed E-state index contributed by atoms with van der Waals surface area (Å²) in [6, 6.07) is 24.8. The molecule has 3 aromatic carbocycles.